The van der Waals surface area contributed by atoms with Crippen molar-refractivity contribution >= 4 is 11.7 Å². The lowest BCUT2D eigenvalue weighted by atomic mass is 10.2. The Balaban J connectivity index is 2.62. The molecule has 0 aliphatic carbocycles. The largest absolute Gasteiger partial charge is 0.460 e. The molecule has 1 aromatic rings. The highest BCUT2D eigenvalue weighted by molar-refractivity contribution is 5.90. The highest BCUT2D eigenvalue weighted by Gasteiger charge is 2.22. The van der Waals surface area contributed by atoms with Gasteiger partial charge in [0.15, 0.2) is 0 Å². The third kappa shape index (κ3) is 5.07. The Labute approximate surface area is 119 Å². The molecular weight excluding hydrogens is 288 g/mol. The monoisotopic (exact) mass is 303 g/mol. The van der Waals surface area contributed by atoms with Gasteiger partial charge in [-0.2, -0.15) is 4.39 Å². The van der Waals surface area contributed by atoms with Crippen molar-refractivity contribution in [1.29, 1.82) is 0 Å². The summed E-state index contributed by atoms with van der Waals surface area (Å²) < 4.78 is 36.7. The van der Waals surface area contributed by atoms with E-state index in [1.54, 1.807) is 0 Å². The van der Waals surface area contributed by atoms with Crippen LogP contribution in [-0.4, -0.2) is 30.7 Å². The van der Waals surface area contributed by atoms with E-state index in [0.717, 1.165) is 0 Å². The molecule has 0 N–H and O–H groups in total. The Morgan fingerprint density at radius 3 is 2.52 bits per heavy atom. The molecule has 0 saturated heterocycles. The van der Waals surface area contributed by atoms with Crippen molar-refractivity contribution in [3.63, 3.8) is 0 Å². The van der Waals surface area contributed by atoms with E-state index in [-0.39, 0.29) is 13.2 Å². The average molecular weight is 303 g/mol. The molecule has 6 nitrogen and oxygen atoms in total. The Kier molecular flexibility index (Phi) is 6.16. The molecule has 21 heavy (non-hydrogen) atoms. The molecular formula is C13H15F2NO5. The van der Waals surface area contributed by atoms with E-state index in [4.69, 9.17) is 9.47 Å². The number of benzene rings is 1. The van der Waals surface area contributed by atoms with Gasteiger partial charge in [-0.1, -0.05) is 13.8 Å². The molecule has 0 aromatic heterocycles. The first kappa shape index (κ1) is 17.0. The van der Waals surface area contributed by atoms with Crippen LogP contribution in [0.2, 0.25) is 0 Å². The van der Waals surface area contributed by atoms with Crippen LogP contribution >= 0.6 is 0 Å². The molecule has 0 saturated carbocycles. The first-order chi connectivity index (χ1) is 9.82. The topological polar surface area (TPSA) is 78.7 Å². The van der Waals surface area contributed by atoms with Gasteiger partial charge in [0.25, 0.3) is 0 Å². The van der Waals surface area contributed by atoms with Crippen molar-refractivity contribution in [2.75, 3.05) is 19.8 Å². The van der Waals surface area contributed by atoms with Crippen LogP contribution in [0.1, 0.15) is 24.2 Å². The fraction of sp³-hybridized carbons (Fsp3) is 0.462. The second kappa shape index (κ2) is 7.63. The summed E-state index contributed by atoms with van der Waals surface area (Å²) in [4.78, 5) is 20.9. The smallest absolute Gasteiger partial charge is 0.341 e. The van der Waals surface area contributed by atoms with Crippen LogP contribution < -0.4 is 0 Å². The number of halogens is 2. The van der Waals surface area contributed by atoms with E-state index in [9.17, 15) is 23.7 Å². The second-order valence-electron chi connectivity index (χ2n) is 4.65. The Morgan fingerprint density at radius 2 is 1.95 bits per heavy atom. The second-order valence-corrected chi connectivity index (χ2v) is 4.65. The van der Waals surface area contributed by atoms with Crippen molar-refractivity contribution in [2.45, 2.75) is 13.8 Å². The minimum atomic E-state index is -1.30. The molecule has 0 heterocycles. The molecule has 0 aliphatic heterocycles. The summed E-state index contributed by atoms with van der Waals surface area (Å²) in [5.41, 5.74) is -1.73. The van der Waals surface area contributed by atoms with Crippen molar-refractivity contribution < 1.29 is 28.0 Å². The zero-order chi connectivity index (χ0) is 16.0. The van der Waals surface area contributed by atoms with Crippen LogP contribution in [0.25, 0.3) is 0 Å². The molecule has 1 aromatic carbocycles. The number of nitro groups is 1. The van der Waals surface area contributed by atoms with Crippen molar-refractivity contribution in [3.8, 4) is 0 Å². The maximum Gasteiger partial charge on any atom is 0.341 e. The fourth-order valence-corrected chi connectivity index (χ4v) is 1.42. The molecule has 0 radical (unpaired) electrons. The molecule has 0 fully saturated rings. The van der Waals surface area contributed by atoms with Gasteiger partial charge in [-0.15, -0.1) is 0 Å². The summed E-state index contributed by atoms with van der Waals surface area (Å²) in [5, 5.41) is 10.4. The third-order valence-corrected chi connectivity index (χ3v) is 2.37. The maximum atomic E-state index is 13.5. The van der Waals surface area contributed by atoms with E-state index in [2.05, 4.69) is 0 Å². The van der Waals surface area contributed by atoms with Crippen LogP contribution in [0, 0.1) is 27.7 Å². The van der Waals surface area contributed by atoms with Crippen LogP contribution in [0.15, 0.2) is 12.1 Å². The van der Waals surface area contributed by atoms with Gasteiger partial charge in [0, 0.05) is 6.61 Å². The number of esters is 1. The van der Waals surface area contributed by atoms with Crippen molar-refractivity contribution in [1.82, 2.24) is 0 Å². The Morgan fingerprint density at radius 1 is 1.29 bits per heavy atom. The van der Waals surface area contributed by atoms with Gasteiger partial charge >= 0.3 is 11.7 Å². The molecule has 8 heteroatoms. The molecule has 0 aliphatic rings. The van der Waals surface area contributed by atoms with Crippen LogP contribution in [0.3, 0.4) is 0 Å². The standard InChI is InChI=1S/C13H15F2NO5/c1-8(2)7-20-3-4-21-13(17)9-5-11(15)12(16(18)19)6-10(9)14/h5-6,8H,3-4,7H2,1-2H3. The molecule has 0 unspecified atom stereocenters. The lowest BCUT2D eigenvalue weighted by molar-refractivity contribution is -0.387. The normalized spacial score (nSPS) is 10.7. The summed E-state index contributed by atoms with van der Waals surface area (Å²) in [6.45, 7) is 4.38. The summed E-state index contributed by atoms with van der Waals surface area (Å²) >= 11 is 0. The van der Waals surface area contributed by atoms with Crippen LogP contribution in [-0.2, 0) is 9.47 Å². The van der Waals surface area contributed by atoms with Crippen LogP contribution in [0.4, 0.5) is 14.5 Å². The number of carbonyl (C=O) groups excluding carboxylic acids is 1. The predicted molar refractivity (Wildman–Crippen MR) is 69.0 cm³/mol. The predicted octanol–water partition coefficient (Wildman–Crippen LogP) is 2.70. The molecule has 0 spiro atoms. The van der Waals surface area contributed by atoms with Crippen LogP contribution in [0.5, 0.6) is 0 Å². The zero-order valence-electron chi connectivity index (χ0n) is 11.6. The van der Waals surface area contributed by atoms with E-state index in [0.29, 0.717) is 24.7 Å². The van der Waals surface area contributed by atoms with Gasteiger partial charge < -0.3 is 9.47 Å². The lowest BCUT2D eigenvalue weighted by Gasteiger charge is -2.08. The van der Waals surface area contributed by atoms with E-state index in [1.165, 1.54) is 0 Å². The van der Waals surface area contributed by atoms with Crippen molar-refractivity contribution in [3.05, 3.63) is 39.4 Å². The van der Waals surface area contributed by atoms with Crippen molar-refractivity contribution in [2.24, 2.45) is 5.92 Å². The van der Waals surface area contributed by atoms with Gasteiger partial charge in [-0.3, -0.25) is 10.1 Å². The molecule has 0 bridgehead atoms. The minimum absolute atomic E-state index is 0.121. The van der Waals surface area contributed by atoms with Gasteiger partial charge in [0.05, 0.1) is 23.2 Å². The first-order valence-electron chi connectivity index (χ1n) is 6.21. The van der Waals surface area contributed by atoms with Gasteiger partial charge in [-0.05, 0) is 12.0 Å². The zero-order valence-corrected chi connectivity index (χ0v) is 11.6. The Hall–Kier alpha value is -2.09. The third-order valence-electron chi connectivity index (χ3n) is 2.37. The SMILES string of the molecule is CC(C)COCCOC(=O)c1cc(F)c([N+](=O)[O-])cc1F. The summed E-state index contributed by atoms with van der Waals surface area (Å²) in [6.07, 6.45) is 0. The van der Waals surface area contributed by atoms with E-state index >= 15 is 0 Å². The quantitative estimate of drug-likeness (QED) is 0.335. The number of rotatable bonds is 7. The highest BCUT2D eigenvalue weighted by Crippen LogP contribution is 2.21. The molecule has 0 atom stereocenters. The molecule has 1 rings (SSSR count). The van der Waals surface area contributed by atoms with E-state index in [1.807, 2.05) is 13.8 Å². The van der Waals surface area contributed by atoms with E-state index < -0.39 is 33.8 Å². The first-order valence-corrected chi connectivity index (χ1v) is 6.21. The maximum absolute atomic E-state index is 13.5. The summed E-state index contributed by atoms with van der Waals surface area (Å²) in [7, 11) is 0. The number of nitrogens with zero attached hydrogens (tertiary/aromatic N) is 1. The highest BCUT2D eigenvalue weighted by atomic mass is 19.1. The number of carbonyl (C=O) groups is 1. The number of nitro benzene ring substituents is 1. The van der Waals surface area contributed by atoms with Gasteiger partial charge in [0.2, 0.25) is 5.82 Å². The van der Waals surface area contributed by atoms with Gasteiger partial charge in [-0.25, -0.2) is 9.18 Å². The molecule has 116 valence electrons. The fourth-order valence-electron chi connectivity index (χ4n) is 1.42. The summed E-state index contributed by atoms with van der Waals surface area (Å²) in [6, 6.07) is 0.798. The van der Waals surface area contributed by atoms with Gasteiger partial charge in [0.1, 0.15) is 12.4 Å². The number of ether oxygens (including phenoxy) is 2. The molecule has 0 amide bonds. The number of hydrogen-bond acceptors (Lipinski definition) is 5. The minimum Gasteiger partial charge on any atom is -0.460 e. The number of hydrogen-bond donors (Lipinski definition) is 0. The lowest BCUT2D eigenvalue weighted by Crippen LogP contribution is -2.14. The Bertz CT molecular complexity index is 534. The average Bonchev–Trinajstić information content (AvgIpc) is 2.39. The summed E-state index contributed by atoms with van der Waals surface area (Å²) in [5.74, 6) is -3.29.